The first-order chi connectivity index (χ1) is 15.3. The molecule has 4 aliphatic rings. The average Bonchev–Trinajstić information content (AvgIpc) is 3.37. The van der Waals surface area contributed by atoms with Crippen molar-refractivity contribution in [3.63, 3.8) is 0 Å². The standard InChI is InChI=1S/C25H30N2O5/c1-16(28)11-19-12-24(13-21(19)32-17(2)29)14-22(26-23(24)30)27-9-7-25(8-10-27)20-6-4-3-5-18(20)15-31-25/h3-6,19,21H,7-15H2,1-2H3. The van der Waals surface area contributed by atoms with Gasteiger partial charge in [-0.3, -0.25) is 9.59 Å². The molecule has 0 aromatic heterocycles. The van der Waals surface area contributed by atoms with Crippen LogP contribution in [-0.4, -0.2) is 47.6 Å². The van der Waals surface area contributed by atoms with Crippen LogP contribution in [0.2, 0.25) is 0 Å². The maximum Gasteiger partial charge on any atom is 0.302 e. The average molecular weight is 439 g/mol. The zero-order valence-corrected chi connectivity index (χ0v) is 18.8. The van der Waals surface area contributed by atoms with Crippen molar-refractivity contribution in [2.45, 2.75) is 70.7 Å². The van der Waals surface area contributed by atoms with Gasteiger partial charge in [0.2, 0.25) is 0 Å². The summed E-state index contributed by atoms with van der Waals surface area (Å²) in [6, 6.07) is 8.43. The number of ether oxygens (including phenoxy) is 2. The summed E-state index contributed by atoms with van der Waals surface area (Å²) in [4.78, 5) is 43.1. The van der Waals surface area contributed by atoms with Gasteiger partial charge >= 0.3 is 5.97 Å². The molecule has 0 bridgehead atoms. The van der Waals surface area contributed by atoms with Crippen LogP contribution in [0.15, 0.2) is 29.3 Å². The summed E-state index contributed by atoms with van der Waals surface area (Å²) in [5.74, 6) is 0.266. The molecule has 0 N–H and O–H groups in total. The number of ketones is 1. The number of amidine groups is 1. The van der Waals surface area contributed by atoms with Crippen LogP contribution in [0.4, 0.5) is 0 Å². The lowest BCUT2D eigenvalue weighted by Crippen LogP contribution is -2.45. The first-order valence-corrected chi connectivity index (χ1v) is 11.6. The van der Waals surface area contributed by atoms with Crippen LogP contribution in [-0.2, 0) is 36.1 Å². The molecule has 170 valence electrons. The number of rotatable bonds is 3. The molecule has 3 unspecified atom stereocenters. The van der Waals surface area contributed by atoms with Crippen molar-refractivity contribution in [1.82, 2.24) is 4.90 Å². The number of Topliss-reactive ketones (excluding diaryl/α,β-unsaturated/α-hetero) is 1. The molecule has 1 aromatic carbocycles. The SMILES string of the molecule is CC(=O)CC1CC2(CC(N3CCC4(CC3)OCc3ccccc34)=NC2=O)CC1OC(C)=O. The van der Waals surface area contributed by atoms with Crippen LogP contribution < -0.4 is 0 Å². The molecule has 7 heteroatoms. The monoisotopic (exact) mass is 438 g/mol. The lowest BCUT2D eigenvalue weighted by atomic mass is 9.81. The van der Waals surface area contributed by atoms with E-state index in [1.807, 2.05) is 0 Å². The van der Waals surface area contributed by atoms with Gasteiger partial charge in [-0.1, -0.05) is 24.3 Å². The molecule has 2 fully saturated rings. The van der Waals surface area contributed by atoms with Gasteiger partial charge in [-0.2, -0.15) is 4.99 Å². The predicted molar refractivity (Wildman–Crippen MR) is 117 cm³/mol. The molecule has 2 spiro atoms. The number of aliphatic imine (C=N–C) groups is 1. The fraction of sp³-hybridized carbons (Fsp3) is 0.600. The Bertz CT molecular complexity index is 968. The second kappa shape index (κ2) is 7.80. The first kappa shape index (κ1) is 21.3. The van der Waals surface area contributed by atoms with Crippen LogP contribution >= 0.6 is 0 Å². The summed E-state index contributed by atoms with van der Waals surface area (Å²) >= 11 is 0. The van der Waals surface area contributed by atoms with Gasteiger partial charge in [0.15, 0.2) is 0 Å². The van der Waals surface area contributed by atoms with Gasteiger partial charge in [0.25, 0.3) is 5.91 Å². The summed E-state index contributed by atoms with van der Waals surface area (Å²) in [7, 11) is 0. The smallest absolute Gasteiger partial charge is 0.302 e. The van der Waals surface area contributed by atoms with E-state index in [1.165, 1.54) is 18.1 Å². The van der Waals surface area contributed by atoms with Crippen molar-refractivity contribution >= 4 is 23.5 Å². The van der Waals surface area contributed by atoms with Crippen LogP contribution in [0.5, 0.6) is 0 Å². The van der Waals surface area contributed by atoms with Gasteiger partial charge < -0.3 is 19.2 Å². The van der Waals surface area contributed by atoms with Gasteiger partial charge in [0.05, 0.1) is 17.6 Å². The van der Waals surface area contributed by atoms with E-state index in [4.69, 9.17) is 9.47 Å². The molecular formula is C25H30N2O5. The number of hydrogen-bond donors (Lipinski definition) is 0. The summed E-state index contributed by atoms with van der Waals surface area (Å²) < 4.78 is 11.8. The summed E-state index contributed by atoms with van der Waals surface area (Å²) in [5.41, 5.74) is 1.69. The summed E-state index contributed by atoms with van der Waals surface area (Å²) in [6.45, 7) is 5.16. The Balaban J connectivity index is 1.28. The maximum atomic E-state index is 13.1. The second-order valence-corrected chi connectivity index (χ2v) is 9.94. The third-order valence-electron chi connectivity index (χ3n) is 7.77. The Morgan fingerprint density at radius 2 is 1.94 bits per heavy atom. The third-order valence-corrected chi connectivity index (χ3v) is 7.77. The summed E-state index contributed by atoms with van der Waals surface area (Å²) in [5, 5.41) is 0. The largest absolute Gasteiger partial charge is 0.462 e. The number of likely N-dealkylation sites (tertiary alicyclic amines) is 1. The van der Waals surface area contributed by atoms with Crippen LogP contribution in [0.3, 0.4) is 0 Å². The van der Waals surface area contributed by atoms with Crippen LogP contribution in [0.1, 0.15) is 63.5 Å². The highest BCUT2D eigenvalue weighted by Gasteiger charge is 2.55. The molecule has 1 aromatic rings. The zero-order chi connectivity index (χ0) is 22.5. The van der Waals surface area contributed by atoms with Gasteiger partial charge in [-0.25, -0.2) is 0 Å². The highest BCUT2D eigenvalue weighted by Crippen LogP contribution is 2.51. The number of esters is 1. The van der Waals surface area contributed by atoms with E-state index in [-0.39, 0.29) is 29.2 Å². The van der Waals surface area contributed by atoms with Crippen molar-refractivity contribution in [2.24, 2.45) is 16.3 Å². The Labute approximate surface area is 188 Å². The number of piperidine rings is 1. The fourth-order valence-corrected chi connectivity index (χ4v) is 6.27. The van der Waals surface area contributed by atoms with Crippen molar-refractivity contribution in [3.8, 4) is 0 Å². The van der Waals surface area contributed by atoms with Crippen molar-refractivity contribution in [3.05, 3.63) is 35.4 Å². The van der Waals surface area contributed by atoms with E-state index in [2.05, 4.69) is 34.2 Å². The van der Waals surface area contributed by atoms with Gasteiger partial charge in [-0.15, -0.1) is 0 Å². The summed E-state index contributed by atoms with van der Waals surface area (Å²) in [6.07, 6.45) is 3.21. The second-order valence-electron chi connectivity index (χ2n) is 9.94. The molecule has 7 nitrogen and oxygen atoms in total. The van der Waals surface area contributed by atoms with Gasteiger partial charge in [0, 0.05) is 38.8 Å². The molecule has 3 heterocycles. The van der Waals surface area contributed by atoms with E-state index < -0.39 is 11.5 Å². The first-order valence-electron chi connectivity index (χ1n) is 11.6. The minimum atomic E-state index is -0.652. The van der Waals surface area contributed by atoms with E-state index in [1.54, 1.807) is 6.92 Å². The van der Waals surface area contributed by atoms with Crippen molar-refractivity contribution in [1.29, 1.82) is 0 Å². The zero-order valence-electron chi connectivity index (χ0n) is 18.8. The number of benzene rings is 1. The minimum Gasteiger partial charge on any atom is -0.462 e. The molecule has 32 heavy (non-hydrogen) atoms. The molecule has 5 rings (SSSR count). The molecule has 1 amide bonds. The number of carbonyl (C=O) groups excluding carboxylic acids is 3. The molecule has 1 saturated heterocycles. The van der Waals surface area contributed by atoms with Crippen LogP contribution in [0, 0.1) is 11.3 Å². The van der Waals surface area contributed by atoms with Gasteiger partial charge in [0.1, 0.15) is 17.7 Å². The lowest BCUT2D eigenvalue weighted by molar-refractivity contribution is -0.149. The van der Waals surface area contributed by atoms with Crippen molar-refractivity contribution < 1.29 is 23.9 Å². The quantitative estimate of drug-likeness (QED) is 0.674. The molecule has 1 saturated carbocycles. The molecule has 3 aliphatic heterocycles. The Morgan fingerprint density at radius 3 is 2.66 bits per heavy atom. The Morgan fingerprint density at radius 1 is 1.19 bits per heavy atom. The van der Waals surface area contributed by atoms with E-state index in [9.17, 15) is 14.4 Å². The van der Waals surface area contributed by atoms with E-state index >= 15 is 0 Å². The third kappa shape index (κ3) is 3.56. The normalized spacial score (nSPS) is 30.6. The Hall–Kier alpha value is -2.54. The molecular weight excluding hydrogens is 408 g/mol. The molecule has 3 atom stereocenters. The van der Waals surface area contributed by atoms with Crippen LogP contribution in [0.25, 0.3) is 0 Å². The molecule has 1 aliphatic carbocycles. The highest BCUT2D eigenvalue weighted by atomic mass is 16.5. The molecule has 0 radical (unpaired) electrons. The minimum absolute atomic E-state index is 0.0500. The topological polar surface area (TPSA) is 85.3 Å². The highest BCUT2D eigenvalue weighted by molar-refractivity contribution is 6.05. The van der Waals surface area contributed by atoms with Gasteiger partial charge in [-0.05, 0) is 43.7 Å². The fourth-order valence-electron chi connectivity index (χ4n) is 6.27. The maximum absolute atomic E-state index is 13.1. The van der Waals surface area contributed by atoms with E-state index in [0.29, 0.717) is 32.3 Å². The number of fused-ring (bicyclic) bond motifs is 2. The number of nitrogens with zero attached hydrogens (tertiary/aromatic N) is 2. The Kier molecular flexibility index (Phi) is 5.19. The van der Waals surface area contributed by atoms with E-state index in [0.717, 1.165) is 31.8 Å². The number of hydrogen-bond acceptors (Lipinski definition) is 6. The lowest BCUT2D eigenvalue weighted by Gasteiger charge is -2.40. The predicted octanol–water partition coefficient (Wildman–Crippen LogP) is 3.14. The number of amides is 1. The number of carbonyl (C=O) groups is 3. The van der Waals surface area contributed by atoms with Crippen molar-refractivity contribution in [2.75, 3.05) is 13.1 Å².